The summed E-state index contributed by atoms with van der Waals surface area (Å²) >= 11 is 1.46. The summed E-state index contributed by atoms with van der Waals surface area (Å²) in [7, 11) is 1.61. The summed E-state index contributed by atoms with van der Waals surface area (Å²) in [5, 5.41) is 1.91. The van der Waals surface area contributed by atoms with Crippen molar-refractivity contribution in [1.82, 2.24) is 4.90 Å². The number of nitrogens with zero attached hydrogens (tertiary/aromatic N) is 1. The largest absolute Gasteiger partial charge is 0.495 e. The Morgan fingerprint density at radius 1 is 1.42 bits per heavy atom. The van der Waals surface area contributed by atoms with E-state index in [9.17, 15) is 4.79 Å². The molecule has 104 valence electrons. The van der Waals surface area contributed by atoms with Crippen molar-refractivity contribution in [3.05, 3.63) is 16.3 Å². The summed E-state index contributed by atoms with van der Waals surface area (Å²) in [5.74, 6) is 2.06. The molecule has 4 nitrogen and oxygen atoms in total. The molecule has 1 aromatic rings. The van der Waals surface area contributed by atoms with Gasteiger partial charge in [-0.3, -0.25) is 4.79 Å². The number of carbonyl (C=O) groups is 1. The van der Waals surface area contributed by atoms with E-state index < -0.39 is 0 Å². The van der Waals surface area contributed by atoms with Gasteiger partial charge in [-0.2, -0.15) is 0 Å². The Morgan fingerprint density at radius 2 is 2.21 bits per heavy atom. The number of carbonyl (C=O) groups excluding carboxylic acids is 1. The monoisotopic (exact) mass is 280 g/mol. The predicted octanol–water partition coefficient (Wildman–Crippen LogP) is 1.96. The average molecular weight is 280 g/mol. The molecule has 0 spiro atoms. The molecule has 1 unspecified atom stereocenters. The van der Waals surface area contributed by atoms with E-state index in [4.69, 9.17) is 10.5 Å². The zero-order valence-corrected chi connectivity index (χ0v) is 12.0. The molecule has 1 amide bonds. The lowest BCUT2D eigenvalue weighted by atomic mass is 9.79. The van der Waals surface area contributed by atoms with Crippen molar-refractivity contribution in [2.75, 3.05) is 20.2 Å². The van der Waals surface area contributed by atoms with Crippen LogP contribution in [-0.2, 0) is 0 Å². The summed E-state index contributed by atoms with van der Waals surface area (Å²) in [6.07, 6.45) is 3.33. The van der Waals surface area contributed by atoms with Gasteiger partial charge in [-0.15, -0.1) is 11.3 Å². The van der Waals surface area contributed by atoms with Gasteiger partial charge in [0, 0.05) is 19.1 Å². The minimum absolute atomic E-state index is 0.120. The van der Waals surface area contributed by atoms with Gasteiger partial charge < -0.3 is 15.4 Å². The standard InChI is InChI=1S/C14H20N2O2S/c1-18-12-4-5-19-13(12)14(17)16-7-9-2-3-11(15)6-10(9)8-16/h4-5,9-11H,2-3,6-8,15H2,1H3/t9-,10+,11?/m1/s1. The van der Waals surface area contributed by atoms with E-state index in [0.29, 0.717) is 23.6 Å². The fourth-order valence-corrected chi connectivity index (χ4v) is 4.22. The van der Waals surface area contributed by atoms with Crippen molar-refractivity contribution in [3.63, 3.8) is 0 Å². The zero-order chi connectivity index (χ0) is 13.4. The highest BCUT2D eigenvalue weighted by molar-refractivity contribution is 7.12. The Balaban J connectivity index is 1.72. The Kier molecular flexibility index (Phi) is 3.50. The van der Waals surface area contributed by atoms with E-state index in [1.54, 1.807) is 7.11 Å². The minimum atomic E-state index is 0.120. The third-order valence-electron chi connectivity index (χ3n) is 4.42. The molecule has 19 heavy (non-hydrogen) atoms. The Morgan fingerprint density at radius 3 is 3.00 bits per heavy atom. The summed E-state index contributed by atoms with van der Waals surface area (Å²) in [5.41, 5.74) is 6.03. The molecular weight excluding hydrogens is 260 g/mol. The number of hydrogen-bond donors (Lipinski definition) is 1. The topological polar surface area (TPSA) is 55.6 Å². The lowest BCUT2D eigenvalue weighted by molar-refractivity contribution is 0.0785. The molecule has 2 heterocycles. The molecule has 1 aliphatic carbocycles. The van der Waals surface area contributed by atoms with Gasteiger partial charge in [0.1, 0.15) is 10.6 Å². The molecule has 1 saturated carbocycles. The highest BCUT2D eigenvalue weighted by Gasteiger charge is 2.39. The maximum Gasteiger partial charge on any atom is 0.267 e. The van der Waals surface area contributed by atoms with Gasteiger partial charge in [0.2, 0.25) is 0 Å². The fraction of sp³-hybridized carbons (Fsp3) is 0.643. The summed E-state index contributed by atoms with van der Waals surface area (Å²) in [4.78, 5) is 15.3. The Bertz CT molecular complexity index is 474. The number of likely N-dealkylation sites (tertiary alicyclic amines) is 1. The maximum absolute atomic E-state index is 12.5. The summed E-state index contributed by atoms with van der Waals surface area (Å²) in [6.45, 7) is 1.75. The van der Waals surface area contributed by atoms with Crippen molar-refractivity contribution in [1.29, 1.82) is 0 Å². The number of methoxy groups -OCH3 is 1. The van der Waals surface area contributed by atoms with Crippen LogP contribution in [0.5, 0.6) is 5.75 Å². The third-order valence-corrected chi connectivity index (χ3v) is 5.30. The highest BCUT2D eigenvalue weighted by Crippen LogP contribution is 2.37. The molecule has 1 aromatic heterocycles. The first kappa shape index (κ1) is 12.9. The second-order valence-electron chi connectivity index (χ2n) is 5.62. The Labute approximate surface area is 117 Å². The van der Waals surface area contributed by atoms with E-state index >= 15 is 0 Å². The number of fused-ring (bicyclic) bond motifs is 1. The minimum Gasteiger partial charge on any atom is -0.495 e. The van der Waals surface area contributed by atoms with E-state index in [-0.39, 0.29) is 5.91 Å². The molecule has 2 aliphatic rings. The van der Waals surface area contributed by atoms with E-state index in [2.05, 4.69) is 0 Å². The van der Waals surface area contributed by atoms with Crippen LogP contribution in [0.4, 0.5) is 0 Å². The second-order valence-corrected chi connectivity index (χ2v) is 6.54. The van der Waals surface area contributed by atoms with Crippen molar-refractivity contribution in [2.24, 2.45) is 17.6 Å². The first-order valence-electron chi connectivity index (χ1n) is 6.85. The van der Waals surface area contributed by atoms with Gasteiger partial charge in [-0.05, 0) is 42.5 Å². The number of nitrogens with two attached hydrogens (primary N) is 1. The van der Waals surface area contributed by atoms with E-state index in [0.717, 1.165) is 37.2 Å². The smallest absolute Gasteiger partial charge is 0.267 e. The van der Waals surface area contributed by atoms with Crippen molar-refractivity contribution >= 4 is 17.2 Å². The molecule has 1 aliphatic heterocycles. The van der Waals surface area contributed by atoms with Crippen molar-refractivity contribution in [2.45, 2.75) is 25.3 Å². The Hall–Kier alpha value is -1.07. The summed E-state index contributed by atoms with van der Waals surface area (Å²) < 4.78 is 5.24. The molecule has 5 heteroatoms. The molecule has 3 rings (SSSR count). The molecule has 0 bridgehead atoms. The van der Waals surface area contributed by atoms with Gasteiger partial charge in [0.15, 0.2) is 0 Å². The van der Waals surface area contributed by atoms with Gasteiger partial charge in [0.25, 0.3) is 5.91 Å². The van der Waals surface area contributed by atoms with Crippen LogP contribution in [-0.4, -0.2) is 37.0 Å². The molecule has 2 N–H and O–H groups in total. The van der Waals surface area contributed by atoms with Crippen LogP contribution in [0, 0.1) is 11.8 Å². The molecule has 1 saturated heterocycles. The van der Waals surface area contributed by atoms with Gasteiger partial charge in [0.05, 0.1) is 7.11 Å². The number of thiophene rings is 1. The van der Waals surface area contributed by atoms with Crippen LogP contribution in [0.25, 0.3) is 0 Å². The quantitative estimate of drug-likeness (QED) is 0.901. The number of ether oxygens (including phenoxy) is 1. The average Bonchev–Trinajstić information content (AvgIpc) is 3.03. The highest BCUT2D eigenvalue weighted by atomic mass is 32.1. The molecule has 3 atom stereocenters. The number of rotatable bonds is 2. The first-order valence-corrected chi connectivity index (χ1v) is 7.73. The fourth-order valence-electron chi connectivity index (χ4n) is 3.39. The third kappa shape index (κ3) is 2.37. The van der Waals surface area contributed by atoms with Crippen LogP contribution < -0.4 is 10.5 Å². The van der Waals surface area contributed by atoms with Crippen LogP contribution in [0.3, 0.4) is 0 Å². The maximum atomic E-state index is 12.5. The van der Waals surface area contributed by atoms with Gasteiger partial charge in [-0.25, -0.2) is 0 Å². The van der Waals surface area contributed by atoms with Gasteiger partial charge >= 0.3 is 0 Å². The lowest BCUT2D eigenvalue weighted by Gasteiger charge is -2.27. The van der Waals surface area contributed by atoms with Crippen LogP contribution in [0.1, 0.15) is 28.9 Å². The molecule has 0 radical (unpaired) electrons. The van der Waals surface area contributed by atoms with E-state index in [1.165, 1.54) is 11.3 Å². The number of amides is 1. The molecule has 2 fully saturated rings. The van der Waals surface area contributed by atoms with Gasteiger partial charge in [-0.1, -0.05) is 0 Å². The molecule has 0 aromatic carbocycles. The van der Waals surface area contributed by atoms with Crippen LogP contribution >= 0.6 is 11.3 Å². The van der Waals surface area contributed by atoms with Crippen LogP contribution in [0.2, 0.25) is 0 Å². The first-order chi connectivity index (χ1) is 9.19. The van der Waals surface area contributed by atoms with Crippen LogP contribution in [0.15, 0.2) is 11.4 Å². The summed E-state index contributed by atoms with van der Waals surface area (Å²) in [6, 6.07) is 2.18. The lowest BCUT2D eigenvalue weighted by Crippen LogP contribution is -2.32. The zero-order valence-electron chi connectivity index (χ0n) is 11.2. The number of hydrogen-bond acceptors (Lipinski definition) is 4. The molecular formula is C14H20N2O2S. The van der Waals surface area contributed by atoms with Crippen molar-refractivity contribution < 1.29 is 9.53 Å². The predicted molar refractivity (Wildman–Crippen MR) is 75.6 cm³/mol. The SMILES string of the molecule is COc1ccsc1C(=O)N1C[C@H]2CCC(N)C[C@H]2C1. The van der Waals surface area contributed by atoms with E-state index in [1.807, 2.05) is 16.3 Å². The van der Waals surface area contributed by atoms with Crippen molar-refractivity contribution in [3.8, 4) is 5.75 Å². The second kappa shape index (κ2) is 5.13. The normalized spacial score (nSPS) is 30.2.